The van der Waals surface area contributed by atoms with Gasteiger partial charge in [-0.1, -0.05) is 12.1 Å². The van der Waals surface area contributed by atoms with Crippen LogP contribution >= 0.6 is 0 Å². The second-order valence-electron chi connectivity index (χ2n) is 5.68. The fraction of sp³-hybridized carbons (Fsp3) is 0.375. The first-order valence-corrected chi connectivity index (χ1v) is 6.92. The predicted molar refractivity (Wildman–Crippen MR) is 76.8 cm³/mol. The molecule has 1 aromatic heterocycles. The van der Waals surface area contributed by atoms with Crippen molar-refractivity contribution in [2.75, 3.05) is 0 Å². The van der Waals surface area contributed by atoms with E-state index in [1.807, 2.05) is 43.1 Å². The second kappa shape index (κ2) is 4.78. The Morgan fingerprint density at radius 2 is 1.95 bits per heavy atom. The van der Waals surface area contributed by atoms with E-state index in [2.05, 4.69) is 5.10 Å². The number of benzene rings is 1. The first-order valence-electron chi connectivity index (χ1n) is 6.92. The Kier molecular flexibility index (Phi) is 3.08. The number of aryl methyl sites for hydroxylation is 2. The molecule has 104 valence electrons. The van der Waals surface area contributed by atoms with Gasteiger partial charge in [-0.05, 0) is 49.3 Å². The summed E-state index contributed by atoms with van der Waals surface area (Å²) in [7, 11) is 0. The molecule has 0 saturated heterocycles. The zero-order chi connectivity index (χ0) is 14.3. The van der Waals surface area contributed by atoms with Gasteiger partial charge in [0, 0.05) is 18.3 Å². The van der Waals surface area contributed by atoms with Gasteiger partial charge in [-0.2, -0.15) is 5.10 Å². The molecule has 1 fully saturated rings. The molecule has 0 spiro atoms. The molecule has 0 unspecified atom stereocenters. The fourth-order valence-electron chi connectivity index (χ4n) is 2.64. The molecule has 1 N–H and O–H groups in total. The molecule has 1 aromatic carbocycles. The van der Waals surface area contributed by atoms with E-state index in [9.17, 15) is 9.90 Å². The van der Waals surface area contributed by atoms with Crippen LogP contribution in [0.1, 0.15) is 34.3 Å². The summed E-state index contributed by atoms with van der Waals surface area (Å²) in [6.07, 6.45) is 6.52. The van der Waals surface area contributed by atoms with Crippen molar-refractivity contribution in [3.63, 3.8) is 0 Å². The summed E-state index contributed by atoms with van der Waals surface area (Å²) >= 11 is 0. The highest BCUT2D eigenvalue weighted by Crippen LogP contribution is 2.31. The van der Waals surface area contributed by atoms with E-state index in [1.54, 1.807) is 0 Å². The maximum atomic E-state index is 11.2. The number of hydrogen-bond acceptors (Lipinski definition) is 2. The fourth-order valence-corrected chi connectivity index (χ4v) is 2.64. The maximum Gasteiger partial charge on any atom is 0.336 e. The van der Waals surface area contributed by atoms with Crippen LogP contribution in [0, 0.1) is 19.8 Å². The normalized spacial score (nSPS) is 14.5. The monoisotopic (exact) mass is 270 g/mol. The van der Waals surface area contributed by atoms with E-state index in [1.165, 1.54) is 12.8 Å². The average molecular weight is 270 g/mol. The largest absolute Gasteiger partial charge is 0.478 e. The van der Waals surface area contributed by atoms with Crippen LogP contribution in [0.5, 0.6) is 0 Å². The minimum atomic E-state index is -0.865. The lowest BCUT2D eigenvalue weighted by molar-refractivity contribution is 0.0695. The van der Waals surface area contributed by atoms with Crippen LogP contribution in [0.2, 0.25) is 0 Å². The highest BCUT2D eigenvalue weighted by molar-refractivity contribution is 5.92. The van der Waals surface area contributed by atoms with Crippen LogP contribution in [0.25, 0.3) is 11.1 Å². The van der Waals surface area contributed by atoms with Crippen molar-refractivity contribution in [2.45, 2.75) is 33.2 Å². The number of aromatic nitrogens is 2. The smallest absolute Gasteiger partial charge is 0.336 e. The highest BCUT2D eigenvalue weighted by Gasteiger charge is 2.22. The summed E-state index contributed by atoms with van der Waals surface area (Å²) < 4.78 is 1.99. The number of carboxylic acids is 1. The molecule has 20 heavy (non-hydrogen) atoms. The Bertz CT molecular complexity index is 646. The first-order chi connectivity index (χ1) is 9.54. The van der Waals surface area contributed by atoms with Crippen molar-refractivity contribution in [3.8, 4) is 11.1 Å². The molecule has 1 saturated carbocycles. The SMILES string of the molecule is Cc1cc(-c2cnn(CC3CC3)c2)cc(C)c1C(=O)O. The van der Waals surface area contributed by atoms with Crippen molar-refractivity contribution in [2.24, 2.45) is 5.92 Å². The summed E-state index contributed by atoms with van der Waals surface area (Å²) in [5, 5.41) is 13.6. The van der Waals surface area contributed by atoms with Crippen LogP contribution < -0.4 is 0 Å². The number of aromatic carboxylic acids is 1. The van der Waals surface area contributed by atoms with Gasteiger partial charge in [0.25, 0.3) is 0 Å². The average Bonchev–Trinajstić information content (AvgIpc) is 3.03. The molecule has 0 amide bonds. The number of carbonyl (C=O) groups is 1. The summed E-state index contributed by atoms with van der Waals surface area (Å²) in [6.45, 7) is 4.67. The van der Waals surface area contributed by atoms with E-state index < -0.39 is 5.97 Å². The summed E-state index contributed by atoms with van der Waals surface area (Å²) in [4.78, 5) is 11.2. The Balaban J connectivity index is 1.93. The predicted octanol–water partition coefficient (Wildman–Crippen LogP) is 3.28. The van der Waals surface area contributed by atoms with Gasteiger partial charge in [-0.25, -0.2) is 4.79 Å². The third-order valence-electron chi connectivity index (χ3n) is 3.86. The molecule has 0 radical (unpaired) electrons. The summed E-state index contributed by atoms with van der Waals surface area (Å²) in [5.41, 5.74) is 4.07. The summed E-state index contributed by atoms with van der Waals surface area (Å²) in [5.74, 6) is -0.0726. The molecular weight excluding hydrogens is 252 g/mol. The van der Waals surface area contributed by atoms with E-state index in [0.717, 1.165) is 34.7 Å². The van der Waals surface area contributed by atoms with Crippen molar-refractivity contribution >= 4 is 5.97 Å². The molecule has 4 nitrogen and oxygen atoms in total. The van der Waals surface area contributed by atoms with Crippen LogP contribution in [-0.2, 0) is 6.54 Å². The lowest BCUT2D eigenvalue weighted by Gasteiger charge is -2.08. The van der Waals surface area contributed by atoms with Crippen molar-refractivity contribution in [1.82, 2.24) is 9.78 Å². The molecular formula is C16H18N2O2. The number of carboxylic acid groups (broad SMARTS) is 1. The van der Waals surface area contributed by atoms with E-state index in [4.69, 9.17) is 0 Å². The second-order valence-corrected chi connectivity index (χ2v) is 5.68. The van der Waals surface area contributed by atoms with Gasteiger partial charge in [0.1, 0.15) is 0 Å². The Hall–Kier alpha value is -2.10. The van der Waals surface area contributed by atoms with E-state index >= 15 is 0 Å². The van der Waals surface area contributed by atoms with Crippen molar-refractivity contribution in [1.29, 1.82) is 0 Å². The standard InChI is InChI=1S/C16H18N2O2/c1-10-5-13(6-11(2)15(10)16(19)20)14-7-17-18(9-14)8-12-3-4-12/h5-7,9,12H,3-4,8H2,1-2H3,(H,19,20). The number of rotatable bonds is 4. The Morgan fingerprint density at radius 3 is 2.50 bits per heavy atom. The molecule has 1 aliphatic rings. The van der Waals surface area contributed by atoms with Gasteiger partial charge in [-0.15, -0.1) is 0 Å². The molecule has 0 aliphatic heterocycles. The molecule has 1 aliphatic carbocycles. The minimum absolute atomic E-state index is 0.402. The Labute approximate surface area is 118 Å². The lowest BCUT2D eigenvalue weighted by atomic mass is 9.97. The van der Waals surface area contributed by atoms with Gasteiger partial charge >= 0.3 is 5.97 Å². The van der Waals surface area contributed by atoms with Gasteiger partial charge in [-0.3, -0.25) is 4.68 Å². The van der Waals surface area contributed by atoms with Crippen LogP contribution in [0.3, 0.4) is 0 Å². The van der Waals surface area contributed by atoms with E-state index in [0.29, 0.717) is 5.56 Å². The van der Waals surface area contributed by atoms with Crippen LogP contribution in [0.4, 0.5) is 0 Å². The van der Waals surface area contributed by atoms with E-state index in [-0.39, 0.29) is 0 Å². The number of nitrogens with zero attached hydrogens (tertiary/aromatic N) is 2. The molecule has 4 heteroatoms. The zero-order valence-corrected chi connectivity index (χ0v) is 11.8. The van der Waals surface area contributed by atoms with Gasteiger partial charge in [0.05, 0.1) is 11.8 Å². The van der Waals surface area contributed by atoms with Crippen LogP contribution in [0.15, 0.2) is 24.5 Å². The highest BCUT2D eigenvalue weighted by atomic mass is 16.4. The molecule has 0 atom stereocenters. The summed E-state index contributed by atoms with van der Waals surface area (Å²) in [6, 6.07) is 3.85. The third-order valence-corrected chi connectivity index (χ3v) is 3.86. The maximum absolute atomic E-state index is 11.2. The Morgan fingerprint density at radius 1 is 1.30 bits per heavy atom. The zero-order valence-electron chi connectivity index (χ0n) is 11.8. The first kappa shape index (κ1) is 12.9. The molecule has 1 heterocycles. The van der Waals surface area contributed by atoms with Gasteiger partial charge in [0.2, 0.25) is 0 Å². The quantitative estimate of drug-likeness (QED) is 0.927. The topological polar surface area (TPSA) is 55.1 Å². The molecule has 2 aromatic rings. The third kappa shape index (κ3) is 2.46. The van der Waals surface area contributed by atoms with Crippen molar-refractivity contribution < 1.29 is 9.90 Å². The van der Waals surface area contributed by atoms with Gasteiger partial charge < -0.3 is 5.11 Å². The van der Waals surface area contributed by atoms with Crippen LogP contribution in [-0.4, -0.2) is 20.9 Å². The minimum Gasteiger partial charge on any atom is -0.478 e. The molecule has 0 bridgehead atoms. The lowest BCUT2D eigenvalue weighted by Crippen LogP contribution is -2.03. The number of hydrogen-bond donors (Lipinski definition) is 1. The van der Waals surface area contributed by atoms with Gasteiger partial charge in [0.15, 0.2) is 0 Å². The van der Waals surface area contributed by atoms with Crippen molar-refractivity contribution in [3.05, 3.63) is 41.2 Å². The molecule has 3 rings (SSSR count).